The van der Waals surface area contributed by atoms with Gasteiger partial charge in [-0.05, 0) is 60.3 Å². The fraction of sp³-hybridized carbons (Fsp3) is 0.621. The molecule has 2 aromatic rings. The lowest BCUT2D eigenvalue weighted by Gasteiger charge is -2.33. The molecule has 1 saturated carbocycles. The minimum Gasteiger partial charge on any atom is -0.493 e. The van der Waals surface area contributed by atoms with E-state index in [0.29, 0.717) is 5.92 Å². The third-order valence-corrected chi connectivity index (χ3v) is 7.34. The highest BCUT2D eigenvalue weighted by Gasteiger charge is 2.27. The fourth-order valence-electron chi connectivity index (χ4n) is 5.26. The van der Waals surface area contributed by atoms with Crippen molar-refractivity contribution in [2.45, 2.75) is 97.3 Å². The third-order valence-electron chi connectivity index (χ3n) is 7.34. The van der Waals surface area contributed by atoms with Gasteiger partial charge in [0.1, 0.15) is 5.75 Å². The van der Waals surface area contributed by atoms with Crippen LogP contribution in [0.5, 0.6) is 5.75 Å². The maximum atomic E-state index is 6.25. The molecule has 0 spiro atoms. The number of unbranched alkanes of at least 4 members (excludes halogenated alkanes) is 4. The van der Waals surface area contributed by atoms with E-state index in [1.165, 1.54) is 80.9 Å². The summed E-state index contributed by atoms with van der Waals surface area (Å²) in [6.45, 7) is 7.78. The van der Waals surface area contributed by atoms with Crippen LogP contribution in [0.3, 0.4) is 0 Å². The SMILES string of the molecule is CCCCCCOc1ccccc1-c1ccncc1C(C)C1CCC(CCCC)CC1. The molecule has 1 heterocycles. The van der Waals surface area contributed by atoms with Gasteiger partial charge in [0.2, 0.25) is 0 Å². The fourth-order valence-corrected chi connectivity index (χ4v) is 5.26. The first-order chi connectivity index (χ1) is 15.2. The second-order valence-electron chi connectivity index (χ2n) is 9.58. The van der Waals surface area contributed by atoms with Gasteiger partial charge in [0.25, 0.3) is 0 Å². The van der Waals surface area contributed by atoms with Crippen molar-refractivity contribution in [1.29, 1.82) is 0 Å². The second-order valence-corrected chi connectivity index (χ2v) is 9.58. The summed E-state index contributed by atoms with van der Waals surface area (Å²) in [5, 5.41) is 0. The Morgan fingerprint density at radius 1 is 0.903 bits per heavy atom. The van der Waals surface area contributed by atoms with Crippen LogP contribution in [0.2, 0.25) is 0 Å². The molecule has 0 amide bonds. The molecular weight excluding hydrogens is 378 g/mol. The lowest BCUT2D eigenvalue weighted by Crippen LogP contribution is -2.19. The number of hydrogen-bond donors (Lipinski definition) is 0. The van der Waals surface area contributed by atoms with Crippen LogP contribution < -0.4 is 4.74 Å². The lowest BCUT2D eigenvalue weighted by molar-refractivity contribution is 0.237. The van der Waals surface area contributed by atoms with Crippen LogP contribution in [0.1, 0.15) is 103 Å². The van der Waals surface area contributed by atoms with E-state index in [0.717, 1.165) is 30.6 Å². The quantitative estimate of drug-likeness (QED) is 0.319. The number of nitrogens with zero attached hydrogens (tertiary/aromatic N) is 1. The van der Waals surface area contributed by atoms with Crippen LogP contribution in [0, 0.1) is 11.8 Å². The molecule has 1 fully saturated rings. The third kappa shape index (κ3) is 6.82. The summed E-state index contributed by atoms with van der Waals surface area (Å²) < 4.78 is 6.25. The molecule has 0 aliphatic heterocycles. The van der Waals surface area contributed by atoms with Crippen LogP contribution >= 0.6 is 0 Å². The summed E-state index contributed by atoms with van der Waals surface area (Å²) >= 11 is 0. The molecule has 0 saturated heterocycles. The highest BCUT2D eigenvalue weighted by atomic mass is 16.5. The lowest BCUT2D eigenvalue weighted by atomic mass is 9.72. The highest BCUT2D eigenvalue weighted by Crippen LogP contribution is 2.43. The first-order valence-electron chi connectivity index (χ1n) is 12.9. The van der Waals surface area contributed by atoms with E-state index in [4.69, 9.17) is 4.74 Å². The zero-order valence-electron chi connectivity index (χ0n) is 20.1. The first-order valence-corrected chi connectivity index (χ1v) is 12.9. The summed E-state index contributed by atoms with van der Waals surface area (Å²) in [6, 6.07) is 10.8. The summed E-state index contributed by atoms with van der Waals surface area (Å²) in [6.07, 6.45) is 18.7. The molecule has 1 aromatic heterocycles. The Balaban J connectivity index is 1.71. The first kappa shape index (κ1) is 23.8. The Morgan fingerprint density at radius 3 is 2.45 bits per heavy atom. The number of ether oxygens (including phenoxy) is 1. The van der Waals surface area contributed by atoms with Crippen LogP contribution in [-0.2, 0) is 0 Å². The maximum Gasteiger partial charge on any atom is 0.127 e. The summed E-state index contributed by atoms with van der Waals surface area (Å²) in [5.74, 6) is 3.27. The molecule has 1 aromatic carbocycles. The average Bonchev–Trinajstić information content (AvgIpc) is 2.83. The van der Waals surface area contributed by atoms with E-state index >= 15 is 0 Å². The monoisotopic (exact) mass is 421 g/mol. The summed E-state index contributed by atoms with van der Waals surface area (Å²) in [4.78, 5) is 4.53. The van der Waals surface area contributed by atoms with Crippen molar-refractivity contribution >= 4 is 0 Å². The zero-order valence-corrected chi connectivity index (χ0v) is 20.1. The Kier molecular flexibility index (Phi) is 9.90. The summed E-state index contributed by atoms with van der Waals surface area (Å²) in [5.41, 5.74) is 3.92. The molecule has 1 aliphatic rings. The van der Waals surface area contributed by atoms with Gasteiger partial charge in [0.05, 0.1) is 6.61 Å². The van der Waals surface area contributed by atoms with Gasteiger partial charge in [-0.1, -0.05) is 90.3 Å². The second kappa shape index (κ2) is 12.9. The Hall–Kier alpha value is -1.83. The zero-order chi connectivity index (χ0) is 21.9. The van der Waals surface area contributed by atoms with Crippen molar-refractivity contribution < 1.29 is 4.74 Å². The minimum atomic E-state index is 0.536. The number of benzene rings is 1. The number of para-hydroxylation sites is 1. The smallest absolute Gasteiger partial charge is 0.127 e. The average molecular weight is 422 g/mol. The van der Waals surface area contributed by atoms with E-state index < -0.39 is 0 Å². The van der Waals surface area contributed by atoms with E-state index in [-0.39, 0.29) is 0 Å². The van der Waals surface area contributed by atoms with E-state index in [9.17, 15) is 0 Å². The van der Waals surface area contributed by atoms with Crippen molar-refractivity contribution in [2.24, 2.45) is 11.8 Å². The number of pyridine rings is 1. The van der Waals surface area contributed by atoms with Crippen LogP contribution in [0.4, 0.5) is 0 Å². The van der Waals surface area contributed by atoms with Crippen LogP contribution in [0.25, 0.3) is 11.1 Å². The van der Waals surface area contributed by atoms with Gasteiger partial charge in [-0.15, -0.1) is 0 Å². The van der Waals surface area contributed by atoms with E-state index in [2.05, 4.69) is 62.3 Å². The van der Waals surface area contributed by atoms with Crippen molar-refractivity contribution in [3.05, 3.63) is 48.3 Å². The van der Waals surface area contributed by atoms with Crippen LogP contribution in [0.15, 0.2) is 42.7 Å². The predicted molar refractivity (Wildman–Crippen MR) is 133 cm³/mol. The summed E-state index contributed by atoms with van der Waals surface area (Å²) in [7, 11) is 0. The normalized spacial score (nSPS) is 19.8. The molecule has 0 radical (unpaired) electrons. The maximum absolute atomic E-state index is 6.25. The molecule has 1 unspecified atom stereocenters. The van der Waals surface area contributed by atoms with Crippen LogP contribution in [-0.4, -0.2) is 11.6 Å². The van der Waals surface area contributed by atoms with Crippen molar-refractivity contribution in [3.8, 4) is 16.9 Å². The molecule has 0 bridgehead atoms. The molecule has 3 rings (SSSR count). The van der Waals surface area contributed by atoms with Crippen molar-refractivity contribution in [3.63, 3.8) is 0 Å². The molecule has 170 valence electrons. The van der Waals surface area contributed by atoms with E-state index in [1.54, 1.807) is 0 Å². The molecule has 1 atom stereocenters. The molecule has 0 N–H and O–H groups in total. The van der Waals surface area contributed by atoms with Crippen molar-refractivity contribution in [2.75, 3.05) is 6.61 Å². The van der Waals surface area contributed by atoms with Gasteiger partial charge in [0.15, 0.2) is 0 Å². The van der Waals surface area contributed by atoms with Gasteiger partial charge in [-0.3, -0.25) is 4.98 Å². The molecule has 1 aliphatic carbocycles. The van der Waals surface area contributed by atoms with E-state index in [1.807, 2.05) is 6.20 Å². The predicted octanol–water partition coefficient (Wildman–Crippen LogP) is 8.81. The molecule has 31 heavy (non-hydrogen) atoms. The number of aromatic nitrogens is 1. The van der Waals surface area contributed by atoms with Gasteiger partial charge < -0.3 is 4.74 Å². The van der Waals surface area contributed by atoms with Gasteiger partial charge in [-0.25, -0.2) is 0 Å². The Bertz CT molecular complexity index is 763. The minimum absolute atomic E-state index is 0.536. The molecule has 2 heteroatoms. The Labute approximate surface area is 190 Å². The number of hydrogen-bond acceptors (Lipinski definition) is 2. The topological polar surface area (TPSA) is 22.1 Å². The molecule has 2 nitrogen and oxygen atoms in total. The number of rotatable bonds is 12. The van der Waals surface area contributed by atoms with Gasteiger partial charge >= 0.3 is 0 Å². The largest absolute Gasteiger partial charge is 0.493 e. The van der Waals surface area contributed by atoms with Gasteiger partial charge in [-0.2, -0.15) is 0 Å². The highest BCUT2D eigenvalue weighted by molar-refractivity contribution is 5.73. The standard InChI is InChI=1S/C29H43NO/c1-4-6-8-11-21-31-29-14-10-9-13-27(29)26-19-20-30-22-28(26)23(3)25-17-15-24(16-18-25)12-7-5-2/h9-10,13-14,19-20,22-25H,4-8,11-12,15-18,21H2,1-3H3. The Morgan fingerprint density at radius 2 is 1.68 bits per heavy atom. The molecular formula is C29H43NO. The van der Waals surface area contributed by atoms with Gasteiger partial charge in [0, 0.05) is 18.0 Å². The van der Waals surface area contributed by atoms with Crippen molar-refractivity contribution in [1.82, 2.24) is 4.98 Å².